The number of hydrogen-bond donors (Lipinski definition) is 1. The van der Waals surface area contributed by atoms with Gasteiger partial charge in [0.15, 0.2) is 0 Å². The largest absolute Gasteiger partial charge is 0.476 e. The number of hydrogen-bond acceptors (Lipinski definition) is 2. The molecule has 0 rings (SSSR count). The zero-order valence-electron chi connectivity index (χ0n) is 6.76. The van der Waals surface area contributed by atoms with Crippen LogP contribution in [0, 0.1) is 0 Å². The van der Waals surface area contributed by atoms with Gasteiger partial charge in [-0.15, -0.1) is 0 Å². The molecule has 1 unspecified atom stereocenters. The molecule has 1 nitrogen and oxygen atoms in total. The van der Waals surface area contributed by atoms with Gasteiger partial charge in [-0.05, 0) is 25.6 Å². The summed E-state index contributed by atoms with van der Waals surface area (Å²) in [6.07, 6.45) is 2.39. The van der Waals surface area contributed by atoms with Crippen LogP contribution < -0.4 is 0 Å². The van der Waals surface area contributed by atoms with Crippen molar-refractivity contribution in [1.82, 2.24) is 0 Å². The molecule has 1 radical (unpaired) electrons. The average molecular weight is 203 g/mol. The van der Waals surface area contributed by atoms with Gasteiger partial charge in [-0.25, -0.2) is 0 Å². The molecule has 0 aliphatic heterocycles. The van der Waals surface area contributed by atoms with Crippen molar-refractivity contribution >= 4 is 80.6 Å². The quantitative estimate of drug-likeness (QED) is 0.427. The Morgan fingerprint density at radius 2 is 2.20 bits per heavy atom. The maximum atomic E-state index is 5.09. The van der Waals surface area contributed by atoms with E-state index in [0.29, 0.717) is 4.38 Å². The number of thiol groups is 1. The van der Waals surface area contributed by atoms with Gasteiger partial charge in [0.25, 0.3) is 0 Å². The van der Waals surface area contributed by atoms with Crippen LogP contribution in [0.3, 0.4) is 0 Å². The standard InChI is InChI=1S/C6H12OS2.K/c1-3-4-5(2)7-6(8)9;/h5H,3-4H2,1-2H3,(H,8,9);. The number of rotatable bonds is 3. The smallest absolute Gasteiger partial charge is 0.217 e. The summed E-state index contributed by atoms with van der Waals surface area (Å²) in [5, 5.41) is 0. The zero-order valence-corrected chi connectivity index (χ0v) is 11.6. The molecule has 0 amide bonds. The van der Waals surface area contributed by atoms with E-state index in [-0.39, 0.29) is 57.5 Å². The summed E-state index contributed by atoms with van der Waals surface area (Å²) >= 11 is 8.47. The van der Waals surface area contributed by atoms with Crippen molar-refractivity contribution in [2.24, 2.45) is 0 Å². The molecule has 0 bridgehead atoms. The van der Waals surface area contributed by atoms with Gasteiger partial charge >= 0.3 is 0 Å². The Balaban J connectivity index is 0. The number of thiocarbonyl (C=S) groups is 1. The maximum Gasteiger partial charge on any atom is 0.217 e. The summed E-state index contributed by atoms with van der Waals surface area (Å²) in [7, 11) is 0. The molecule has 10 heavy (non-hydrogen) atoms. The predicted molar refractivity (Wildman–Crippen MR) is 52.8 cm³/mol. The van der Waals surface area contributed by atoms with Crippen molar-refractivity contribution < 1.29 is 4.74 Å². The van der Waals surface area contributed by atoms with E-state index in [2.05, 4.69) is 31.8 Å². The van der Waals surface area contributed by atoms with Crippen molar-refractivity contribution in [3.8, 4) is 0 Å². The molecule has 0 aromatic heterocycles. The Bertz CT molecular complexity index is 97.7. The fourth-order valence-corrected chi connectivity index (χ4v) is 0.982. The molecule has 4 heteroatoms. The Hall–Kier alpha value is 1.88. The van der Waals surface area contributed by atoms with E-state index in [1.54, 1.807) is 0 Å². The van der Waals surface area contributed by atoms with E-state index < -0.39 is 0 Å². The van der Waals surface area contributed by atoms with Crippen LogP contribution in [0.2, 0.25) is 0 Å². The maximum absolute atomic E-state index is 5.09. The second-order valence-electron chi connectivity index (χ2n) is 1.98. The van der Waals surface area contributed by atoms with Crippen LogP contribution in [0.1, 0.15) is 26.7 Å². The third-order valence-electron chi connectivity index (χ3n) is 0.997. The first-order chi connectivity index (χ1) is 4.16. The van der Waals surface area contributed by atoms with Crippen molar-refractivity contribution in [3.05, 3.63) is 0 Å². The van der Waals surface area contributed by atoms with E-state index in [4.69, 9.17) is 4.74 Å². The fourth-order valence-electron chi connectivity index (χ4n) is 0.638. The van der Waals surface area contributed by atoms with E-state index in [1.165, 1.54) is 0 Å². The van der Waals surface area contributed by atoms with E-state index >= 15 is 0 Å². The fraction of sp³-hybridized carbons (Fsp3) is 0.833. The monoisotopic (exact) mass is 203 g/mol. The van der Waals surface area contributed by atoms with Gasteiger partial charge < -0.3 is 4.74 Å². The van der Waals surface area contributed by atoms with Crippen LogP contribution >= 0.6 is 24.8 Å². The minimum absolute atomic E-state index is 0. The zero-order chi connectivity index (χ0) is 7.28. The van der Waals surface area contributed by atoms with E-state index in [9.17, 15) is 0 Å². The second kappa shape index (κ2) is 8.97. The second-order valence-corrected chi connectivity index (χ2v) is 3.06. The molecule has 0 spiro atoms. The Morgan fingerprint density at radius 3 is 2.50 bits per heavy atom. The first-order valence-electron chi connectivity index (χ1n) is 3.06. The van der Waals surface area contributed by atoms with Crippen molar-refractivity contribution in [1.29, 1.82) is 0 Å². The normalized spacial score (nSPS) is 11.5. The van der Waals surface area contributed by atoms with Gasteiger partial charge in [0.05, 0.1) is 6.10 Å². The Morgan fingerprint density at radius 1 is 1.70 bits per heavy atom. The van der Waals surface area contributed by atoms with Crippen LogP contribution in [-0.2, 0) is 4.74 Å². The van der Waals surface area contributed by atoms with E-state index in [1.807, 2.05) is 6.92 Å². The summed E-state index contributed by atoms with van der Waals surface area (Å²) < 4.78 is 5.43. The van der Waals surface area contributed by atoms with Gasteiger partial charge in [0, 0.05) is 51.4 Å². The van der Waals surface area contributed by atoms with Crippen LogP contribution in [-0.4, -0.2) is 61.9 Å². The van der Waals surface area contributed by atoms with Gasteiger partial charge in [0.1, 0.15) is 0 Å². The molecule has 0 saturated heterocycles. The van der Waals surface area contributed by atoms with Crippen LogP contribution in [0.15, 0.2) is 0 Å². The van der Waals surface area contributed by atoms with Crippen LogP contribution in [0.5, 0.6) is 0 Å². The Labute approximate surface area is 116 Å². The Kier molecular flexibility index (Phi) is 12.9. The summed E-state index contributed by atoms with van der Waals surface area (Å²) in [5.41, 5.74) is 0. The predicted octanol–water partition coefficient (Wildman–Crippen LogP) is 2.03. The SMILES string of the molecule is CCCC(C)OC(=S)S.[K]. The first-order valence-corrected chi connectivity index (χ1v) is 3.92. The molecule has 0 N–H and O–H groups in total. The molecular weight excluding hydrogens is 191 g/mol. The van der Waals surface area contributed by atoms with E-state index in [0.717, 1.165) is 12.8 Å². The van der Waals surface area contributed by atoms with Gasteiger partial charge in [0.2, 0.25) is 4.38 Å². The van der Waals surface area contributed by atoms with Crippen LogP contribution in [0.25, 0.3) is 0 Å². The van der Waals surface area contributed by atoms with Gasteiger partial charge in [-0.2, -0.15) is 0 Å². The summed E-state index contributed by atoms with van der Waals surface area (Å²) in [6.45, 7) is 4.10. The third kappa shape index (κ3) is 9.88. The molecule has 0 saturated carbocycles. The molecule has 0 heterocycles. The summed E-state index contributed by atoms with van der Waals surface area (Å²) in [6, 6.07) is 0. The third-order valence-corrected chi connectivity index (χ3v) is 1.20. The molecule has 0 aromatic carbocycles. The first kappa shape index (κ1) is 14.4. The van der Waals surface area contributed by atoms with Crippen LogP contribution in [0.4, 0.5) is 0 Å². The van der Waals surface area contributed by atoms with Gasteiger partial charge in [-0.3, -0.25) is 0 Å². The molecule has 0 aromatic rings. The topological polar surface area (TPSA) is 9.23 Å². The molecular formula is C6H12KOS2. The average Bonchev–Trinajstić information content (AvgIpc) is 1.63. The molecule has 0 aliphatic carbocycles. The molecule has 55 valence electrons. The summed E-state index contributed by atoms with van der Waals surface area (Å²) in [4.78, 5) is 0. The van der Waals surface area contributed by atoms with Crippen molar-refractivity contribution in [2.45, 2.75) is 32.8 Å². The number of ether oxygens (including phenoxy) is 1. The van der Waals surface area contributed by atoms with Crippen molar-refractivity contribution in [2.75, 3.05) is 0 Å². The molecule has 1 atom stereocenters. The molecule has 0 fully saturated rings. The van der Waals surface area contributed by atoms with Crippen molar-refractivity contribution in [3.63, 3.8) is 0 Å². The summed E-state index contributed by atoms with van der Waals surface area (Å²) in [5.74, 6) is 0. The molecule has 0 aliphatic rings. The minimum atomic E-state index is 0. The van der Waals surface area contributed by atoms with Gasteiger partial charge in [-0.1, -0.05) is 26.0 Å². The minimum Gasteiger partial charge on any atom is -0.476 e.